The Hall–Kier alpha value is -2.54. The van der Waals surface area contributed by atoms with Crippen LogP contribution >= 0.6 is 0 Å². The highest BCUT2D eigenvalue weighted by Gasteiger charge is 2.25. The third kappa shape index (κ3) is 4.73. The van der Waals surface area contributed by atoms with Gasteiger partial charge in [0.15, 0.2) is 0 Å². The van der Waals surface area contributed by atoms with Crippen LogP contribution in [0, 0.1) is 6.92 Å². The molecule has 0 heterocycles. The van der Waals surface area contributed by atoms with Crippen LogP contribution in [0.4, 0.5) is 5.69 Å². The molecule has 0 bridgehead atoms. The van der Waals surface area contributed by atoms with Crippen molar-refractivity contribution < 1.29 is 26.9 Å². The smallest absolute Gasteiger partial charge is 0.364 e. The Bertz CT molecular complexity index is 886. The van der Waals surface area contributed by atoms with Crippen molar-refractivity contribution in [3.63, 3.8) is 0 Å². The van der Waals surface area contributed by atoms with Crippen LogP contribution in [0.2, 0.25) is 0 Å². The van der Waals surface area contributed by atoms with Crippen LogP contribution in [0.1, 0.15) is 18.1 Å². The van der Waals surface area contributed by atoms with Gasteiger partial charge in [-0.1, -0.05) is 0 Å². The topological polar surface area (TPSA) is 64.8 Å². The van der Waals surface area contributed by atoms with Gasteiger partial charge in [-0.05, 0) is 42.8 Å². The first kappa shape index (κ1) is 18.8. The summed E-state index contributed by atoms with van der Waals surface area (Å²) in [7, 11) is -0.551. The zero-order chi connectivity index (χ0) is 18.6. The van der Waals surface area contributed by atoms with Crippen molar-refractivity contribution in [2.24, 2.45) is 0 Å². The Morgan fingerprint density at radius 2 is 1.52 bits per heavy atom. The maximum atomic E-state index is 11.7. The van der Waals surface area contributed by atoms with E-state index < -0.39 is 10.1 Å². The van der Waals surface area contributed by atoms with E-state index in [1.807, 2.05) is 25.1 Å². The first-order chi connectivity index (χ1) is 11.7. The monoisotopic (exact) mass is 364 g/mol. The highest BCUT2D eigenvalue weighted by molar-refractivity contribution is 7.85. The second-order valence-electron chi connectivity index (χ2n) is 5.54. The molecule has 0 unspecified atom stereocenters. The average molecular weight is 364 g/mol. The zero-order valence-electron chi connectivity index (χ0n) is 14.9. The summed E-state index contributed by atoms with van der Waals surface area (Å²) in [5.41, 5.74) is 2.99. The predicted octanol–water partition coefficient (Wildman–Crippen LogP) is 3.06. The number of methoxy groups -OCH3 is 2. The first-order valence-electron chi connectivity index (χ1n) is 7.57. The Morgan fingerprint density at radius 1 is 0.960 bits per heavy atom. The Labute approximate surface area is 148 Å². The molecular weight excluding hydrogens is 342 g/mol. The fraction of sp³-hybridized carbons (Fsp3) is 0.278. The van der Waals surface area contributed by atoms with E-state index >= 15 is 0 Å². The SMILES string of the molecule is COc1ccc(/[N+](OS(C)(=O)=O)=C(\C)c2ccc(OC)cc2C)cc1. The molecule has 6 nitrogen and oxygen atoms in total. The van der Waals surface area contributed by atoms with Gasteiger partial charge in [-0.2, -0.15) is 8.42 Å². The van der Waals surface area contributed by atoms with Crippen molar-refractivity contribution in [3.05, 3.63) is 53.6 Å². The zero-order valence-corrected chi connectivity index (χ0v) is 15.8. The lowest BCUT2D eigenvalue weighted by atomic mass is 10.0. The van der Waals surface area contributed by atoms with Gasteiger partial charge in [-0.15, -0.1) is 4.28 Å². The molecule has 2 aromatic carbocycles. The van der Waals surface area contributed by atoms with Gasteiger partial charge in [0.25, 0.3) is 5.69 Å². The molecule has 0 radical (unpaired) electrons. The summed E-state index contributed by atoms with van der Waals surface area (Å²) in [5, 5.41) is 0. The molecule has 0 spiro atoms. The number of nitrogens with zero attached hydrogens (tertiary/aromatic N) is 1. The van der Waals surface area contributed by atoms with E-state index in [-0.39, 0.29) is 0 Å². The molecule has 7 heteroatoms. The van der Waals surface area contributed by atoms with Crippen molar-refractivity contribution in [1.29, 1.82) is 0 Å². The van der Waals surface area contributed by atoms with E-state index in [1.54, 1.807) is 45.4 Å². The molecular formula is C18H22NO5S+. The third-order valence-electron chi connectivity index (χ3n) is 3.64. The number of ether oxygens (including phenoxy) is 2. The number of rotatable bonds is 6. The van der Waals surface area contributed by atoms with Crippen molar-refractivity contribution in [1.82, 2.24) is 0 Å². The molecule has 0 aliphatic rings. The molecule has 0 saturated heterocycles. The summed E-state index contributed by atoms with van der Waals surface area (Å²) in [6.45, 7) is 3.72. The van der Waals surface area contributed by atoms with E-state index in [4.69, 9.17) is 13.8 Å². The molecule has 0 amide bonds. The molecule has 0 N–H and O–H groups in total. The minimum atomic E-state index is -3.72. The Morgan fingerprint density at radius 3 is 2.00 bits per heavy atom. The molecule has 2 aromatic rings. The Kier molecular flexibility index (Phi) is 5.69. The average Bonchev–Trinajstić information content (AvgIpc) is 2.58. The summed E-state index contributed by atoms with van der Waals surface area (Å²) in [6, 6.07) is 12.5. The normalized spacial score (nSPS) is 12.4. The van der Waals surface area contributed by atoms with E-state index in [9.17, 15) is 8.42 Å². The van der Waals surface area contributed by atoms with Gasteiger partial charge in [0.1, 0.15) is 11.5 Å². The van der Waals surface area contributed by atoms with Gasteiger partial charge < -0.3 is 9.47 Å². The van der Waals surface area contributed by atoms with E-state index in [0.29, 0.717) is 17.1 Å². The number of benzene rings is 2. The summed E-state index contributed by atoms with van der Waals surface area (Å²) < 4.78 is 40.3. The van der Waals surface area contributed by atoms with Crippen LogP contribution in [-0.4, -0.2) is 39.3 Å². The molecule has 0 aliphatic heterocycles. The van der Waals surface area contributed by atoms with Gasteiger partial charge >= 0.3 is 10.1 Å². The lowest BCUT2D eigenvalue weighted by Crippen LogP contribution is -2.20. The molecule has 0 aliphatic carbocycles. The second-order valence-corrected chi connectivity index (χ2v) is 7.09. The van der Waals surface area contributed by atoms with E-state index in [2.05, 4.69) is 0 Å². The van der Waals surface area contributed by atoms with Crippen molar-refractivity contribution >= 4 is 21.5 Å². The highest BCUT2D eigenvalue weighted by Crippen LogP contribution is 2.23. The molecule has 25 heavy (non-hydrogen) atoms. The second kappa shape index (κ2) is 7.57. The summed E-state index contributed by atoms with van der Waals surface area (Å²) in [6.07, 6.45) is 1.01. The van der Waals surface area contributed by atoms with E-state index in [0.717, 1.165) is 23.1 Å². The lowest BCUT2D eigenvalue weighted by molar-refractivity contribution is -0.680. The minimum absolute atomic E-state index is 0.568. The molecule has 134 valence electrons. The van der Waals surface area contributed by atoms with Crippen LogP contribution in [0.15, 0.2) is 42.5 Å². The maximum absolute atomic E-state index is 11.7. The van der Waals surface area contributed by atoms with Crippen LogP contribution in [0.5, 0.6) is 11.5 Å². The summed E-state index contributed by atoms with van der Waals surface area (Å²) in [4.78, 5) is 0. The number of hydrogen-bond acceptors (Lipinski definition) is 5. The lowest BCUT2D eigenvalue weighted by Gasteiger charge is -2.08. The van der Waals surface area contributed by atoms with Gasteiger partial charge in [-0.3, -0.25) is 0 Å². The van der Waals surface area contributed by atoms with Gasteiger partial charge in [0, 0.05) is 29.4 Å². The summed E-state index contributed by atoms with van der Waals surface area (Å²) in [5.74, 6) is 1.40. The van der Waals surface area contributed by atoms with Crippen LogP contribution in [0.3, 0.4) is 0 Å². The van der Waals surface area contributed by atoms with Crippen LogP contribution in [0.25, 0.3) is 0 Å². The van der Waals surface area contributed by atoms with E-state index in [1.165, 1.54) is 4.74 Å². The first-order valence-corrected chi connectivity index (χ1v) is 9.39. The highest BCUT2D eigenvalue weighted by atomic mass is 32.2. The Balaban J connectivity index is 2.61. The van der Waals surface area contributed by atoms with Crippen LogP contribution in [-0.2, 0) is 14.4 Å². The maximum Gasteiger partial charge on any atom is 0.364 e. The minimum Gasteiger partial charge on any atom is -0.497 e. The van der Waals surface area contributed by atoms with Gasteiger partial charge in [0.2, 0.25) is 5.71 Å². The number of aryl methyl sites for hydroxylation is 1. The molecule has 0 fully saturated rings. The van der Waals surface area contributed by atoms with Gasteiger partial charge in [0.05, 0.1) is 20.5 Å². The summed E-state index contributed by atoms with van der Waals surface area (Å²) >= 11 is 0. The fourth-order valence-electron chi connectivity index (χ4n) is 2.42. The third-order valence-corrected chi connectivity index (χ3v) is 4.06. The standard InChI is InChI=1S/C18H22NO5S/c1-13-12-17(23-4)10-11-18(13)14(2)19(24-25(5,20)21)15-6-8-16(22-3)9-7-15/h6-12H,1-5H3/q+1/b19-14-. The predicted molar refractivity (Wildman–Crippen MR) is 96.4 cm³/mol. The molecule has 0 saturated carbocycles. The van der Waals surface area contributed by atoms with Crippen molar-refractivity contribution in [2.75, 3.05) is 20.5 Å². The fourth-order valence-corrected chi connectivity index (χ4v) is 2.89. The molecule has 2 rings (SSSR count). The van der Waals surface area contributed by atoms with Crippen molar-refractivity contribution in [2.45, 2.75) is 13.8 Å². The largest absolute Gasteiger partial charge is 0.497 e. The van der Waals surface area contributed by atoms with Crippen molar-refractivity contribution in [3.8, 4) is 11.5 Å². The number of hydrogen-bond donors (Lipinski definition) is 0. The van der Waals surface area contributed by atoms with Crippen LogP contribution < -0.4 is 9.47 Å². The quantitative estimate of drug-likeness (QED) is 0.448. The molecule has 0 aromatic heterocycles. The molecule has 0 atom stereocenters. The van der Waals surface area contributed by atoms with Gasteiger partial charge in [-0.25, -0.2) is 0 Å².